The van der Waals surface area contributed by atoms with Crippen LogP contribution >= 0.6 is 0 Å². The largest absolute Gasteiger partial charge is 0.379 e. The Morgan fingerprint density at radius 3 is 0.752 bits per heavy atom. The fourth-order valence-electron chi connectivity index (χ4n) is 14.0. The number of anilines is 4. The maximum atomic E-state index is 13.1. The third-order valence-corrected chi connectivity index (χ3v) is 27.7. The first-order valence-corrected chi connectivity index (χ1v) is 46.9. The van der Waals surface area contributed by atoms with E-state index in [0.29, 0.717) is 140 Å². The number of ether oxygens (including phenoxy) is 7. The van der Waals surface area contributed by atoms with Crippen LogP contribution in [0.2, 0.25) is 0 Å². The fraction of sp³-hybridized carbons (Fsp3) is 0.436. The molecule has 15 heterocycles. The Bertz CT molecular complexity index is 5720. The van der Waals surface area contributed by atoms with Crippen molar-refractivity contribution in [2.45, 2.75) is 67.6 Å². The molecular weight excluding hydrogens is 1580 g/mol. The quantitative estimate of drug-likeness (QED) is 0.0923. The minimum atomic E-state index is -2.47. The number of aromatic nitrogens is 16. The molecule has 0 radical (unpaired) electrons. The molecule has 4 aromatic carbocycles. The van der Waals surface area contributed by atoms with E-state index in [2.05, 4.69) is 105 Å². The van der Waals surface area contributed by atoms with Gasteiger partial charge in [-0.2, -0.15) is 57.3 Å². The molecule has 616 valence electrons. The number of rotatable bonds is 15. The molecule has 117 heavy (non-hydrogen) atoms. The van der Waals surface area contributed by atoms with Gasteiger partial charge in [0.1, 0.15) is 48.6 Å². The molecule has 19 rings (SSSR count). The zero-order chi connectivity index (χ0) is 81.2. The first kappa shape index (κ1) is 80.6. The van der Waals surface area contributed by atoms with Crippen LogP contribution in [0.4, 0.5) is 46.5 Å². The van der Waals surface area contributed by atoms with Crippen molar-refractivity contribution in [2.24, 2.45) is 17.5 Å². The number of hydrogen-bond donors (Lipinski definition) is 0. The molecule has 7 atom stereocenters. The lowest BCUT2D eigenvalue weighted by Crippen LogP contribution is -2.44. The molecule has 0 amide bonds. The highest BCUT2D eigenvalue weighted by Crippen LogP contribution is 2.33. The fourth-order valence-corrected chi connectivity index (χ4v) is 18.5. The van der Waals surface area contributed by atoms with Crippen molar-refractivity contribution >= 4 is 130 Å². The second kappa shape index (κ2) is 34.4. The summed E-state index contributed by atoms with van der Waals surface area (Å²) in [5, 5.41) is -0.220. The van der Waals surface area contributed by atoms with E-state index in [9.17, 15) is 16.8 Å². The molecule has 0 aliphatic carbocycles. The summed E-state index contributed by atoms with van der Waals surface area (Å²) in [5.74, 6) is 6.44. The highest BCUT2D eigenvalue weighted by molar-refractivity contribution is 7.94. The van der Waals surface area contributed by atoms with Gasteiger partial charge in [-0.3, -0.25) is 18.3 Å². The highest BCUT2D eigenvalue weighted by atomic mass is 32.2. The van der Waals surface area contributed by atoms with E-state index in [1.165, 1.54) is 0 Å². The molecule has 12 aromatic rings. The highest BCUT2D eigenvalue weighted by Gasteiger charge is 2.33. The minimum absolute atomic E-state index is 0.0734. The number of hydrogen-bond acceptors (Lipinski definition) is 31. The second-order valence-corrected chi connectivity index (χ2v) is 40.3. The summed E-state index contributed by atoms with van der Waals surface area (Å²) < 4.78 is 115. The van der Waals surface area contributed by atoms with Gasteiger partial charge in [-0.05, 0) is 76.2 Å². The summed E-state index contributed by atoms with van der Waals surface area (Å²) >= 11 is 0. The number of fused-ring (bicyclic) bond motifs is 4. The van der Waals surface area contributed by atoms with Crippen LogP contribution in [0.15, 0.2) is 164 Å². The van der Waals surface area contributed by atoms with Crippen LogP contribution in [0.25, 0.3) is 67.9 Å². The van der Waals surface area contributed by atoms with Crippen molar-refractivity contribution < 1.29 is 50.0 Å². The van der Waals surface area contributed by atoms with Crippen LogP contribution in [-0.4, -0.2) is 285 Å². The van der Waals surface area contributed by atoms with Gasteiger partial charge < -0.3 is 52.8 Å². The summed E-state index contributed by atoms with van der Waals surface area (Å²) in [4.78, 5) is 64.1. The lowest BCUT2D eigenvalue weighted by Gasteiger charge is -2.34. The van der Waals surface area contributed by atoms with E-state index >= 15 is 0 Å². The van der Waals surface area contributed by atoms with Crippen LogP contribution in [0.3, 0.4) is 0 Å². The predicted octanol–water partition coefficient (Wildman–Crippen LogP) is 8.91. The minimum Gasteiger partial charge on any atom is -0.379 e. The molecule has 0 saturated carbocycles. The normalized spacial score (nSPS) is 21.0. The first-order chi connectivity index (χ1) is 56.4. The molecule has 1 unspecified atom stereocenters. The predicted molar refractivity (Wildman–Crippen MR) is 452 cm³/mol. The molecule has 0 N–H and O–H groups in total. The molecule has 0 spiro atoms. The van der Waals surface area contributed by atoms with Gasteiger partial charge in [0.2, 0.25) is 23.8 Å². The Morgan fingerprint density at radius 1 is 0.308 bits per heavy atom. The average Bonchev–Trinajstić information content (AvgIpc) is 1.62. The average molecular weight is 1670 g/mol. The van der Waals surface area contributed by atoms with Crippen molar-refractivity contribution in [1.29, 1.82) is 0 Å². The van der Waals surface area contributed by atoms with Crippen LogP contribution in [0.1, 0.15) is 27.7 Å². The summed E-state index contributed by atoms with van der Waals surface area (Å²) in [6.07, 6.45) is 15.0. The van der Waals surface area contributed by atoms with E-state index in [1.807, 2.05) is 134 Å². The molecule has 7 aliphatic heterocycles. The summed E-state index contributed by atoms with van der Waals surface area (Å²) in [5.41, 5.74) is 7.05. The van der Waals surface area contributed by atoms with E-state index < -0.39 is 38.9 Å². The summed E-state index contributed by atoms with van der Waals surface area (Å²) in [6.45, 7) is 19.2. The van der Waals surface area contributed by atoms with E-state index in [-0.39, 0.29) is 39.9 Å². The Kier molecular flexibility index (Phi) is 23.7. The Morgan fingerprint density at radius 2 is 0.538 bits per heavy atom. The van der Waals surface area contributed by atoms with Gasteiger partial charge in [0.15, 0.2) is 23.3 Å². The van der Waals surface area contributed by atoms with E-state index in [1.54, 1.807) is 62.7 Å². The smallest absolute Gasteiger partial charge is 0.239 e. The summed E-state index contributed by atoms with van der Waals surface area (Å²) in [6, 6.07) is 39.2. The van der Waals surface area contributed by atoms with Gasteiger partial charge >= 0.3 is 0 Å². The standard InChI is InChI=1S/3C20H24N6O3S.C18H22N6O2S/c3*1-14-10-28-8-7-25(14)19-9-18(24-30(2,27)15-11-29-12-15)22-20(23-19)26-13-21-16-5-3-4-6-17(16)26;1-13-11-26-9-8-23(13)17-10-16(22-27(2,3)25)20-18(21-17)24-12-19-14-6-4-5-7-15(14)24/h3*3-6,9,13-15H,7-8,10-12H2,1-2H3;4-7,10,12-13H,8-9,11H2,1-3H3/t14-,30?;2*14-,30+;13-/m1111/s1. The van der Waals surface area contributed by atoms with Crippen LogP contribution < -0.4 is 19.6 Å². The van der Waals surface area contributed by atoms with Gasteiger partial charge in [-0.15, -0.1) is 0 Å². The lowest BCUT2D eigenvalue weighted by molar-refractivity contribution is 0.0430. The van der Waals surface area contributed by atoms with Crippen molar-refractivity contribution in [2.75, 3.05) is 170 Å². The Balaban J connectivity index is 0.000000117. The van der Waals surface area contributed by atoms with Crippen molar-refractivity contribution in [3.05, 3.63) is 147 Å². The molecule has 39 heteroatoms. The number of para-hydroxylation sites is 8. The van der Waals surface area contributed by atoms with E-state index in [4.69, 9.17) is 53.1 Å². The van der Waals surface area contributed by atoms with Gasteiger partial charge in [-0.25, -0.2) is 36.8 Å². The number of nitrogens with zero attached hydrogens (tertiary/aromatic N) is 24. The first-order valence-electron chi connectivity index (χ1n) is 38.6. The zero-order valence-corrected chi connectivity index (χ0v) is 69.7. The van der Waals surface area contributed by atoms with Crippen molar-refractivity contribution in [1.82, 2.24) is 78.1 Å². The molecule has 8 aromatic heterocycles. The van der Waals surface area contributed by atoms with Gasteiger partial charge in [-0.1, -0.05) is 48.5 Å². The molecule has 35 nitrogen and oxygen atoms in total. The third-order valence-electron chi connectivity index (χ3n) is 20.9. The maximum Gasteiger partial charge on any atom is 0.239 e. The lowest BCUT2D eigenvalue weighted by atomic mass is 10.2. The number of morpholine rings is 4. The van der Waals surface area contributed by atoms with Crippen molar-refractivity contribution in [3.63, 3.8) is 0 Å². The molecule has 7 fully saturated rings. The number of benzene rings is 4. The number of imidazole rings is 4. The van der Waals surface area contributed by atoms with E-state index in [0.717, 1.165) is 93.6 Å². The Hall–Kier alpha value is -10.2. The van der Waals surface area contributed by atoms with Gasteiger partial charge in [0, 0.05) is 91.5 Å². The van der Waals surface area contributed by atoms with Gasteiger partial charge in [0.25, 0.3) is 0 Å². The maximum absolute atomic E-state index is 13.1. The van der Waals surface area contributed by atoms with Crippen LogP contribution in [0, 0.1) is 0 Å². The summed E-state index contributed by atoms with van der Waals surface area (Å²) in [7, 11) is -9.77. The molecular formula is C78H94N24O11S4. The van der Waals surface area contributed by atoms with Crippen molar-refractivity contribution in [3.8, 4) is 23.8 Å². The van der Waals surface area contributed by atoms with Crippen LogP contribution in [0.5, 0.6) is 0 Å². The molecule has 0 bridgehead atoms. The van der Waals surface area contributed by atoms with Crippen LogP contribution in [-0.2, 0) is 72.1 Å². The monoisotopic (exact) mass is 1670 g/mol. The molecule has 7 saturated heterocycles. The third kappa shape index (κ3) is 18.3. The molecule has 7 aliphatic rings. The Labute approximate surface area is 678 Å². The SMILES string of the molecule is C[C@@H]1COCCN1c1cc(N=S(C)(=O)C2COC2)nc(-n2cnc3ccccc32)n1.C[C@@H]1COCCN1c1cc(N=S(C)(C)=O)nc(-n2cnc3ccccc32)n1.C[C@@H]1COCCN1c1cc(N=[S@@](C)(=O)C2COC2)nc(-n2cnc3ccccc32)n1.C[C@@H]1COCCN1c1cc(N=[S@@](C)(=O)C2COC2)nc(-n2cnc3ccccc32)n1. The topological polar surface area (TPSA) is 370 Å². The zero-order valence-electron chi connectivity index (χ0n) is 66.5. The second-order valence-electron chi connectivity index (χ2n) is 30.0. The van der Waals surface area contributed by atoms with Gasteiger partial charge in [0.05, 0.1) is 206 Å².